The smallest absolute Gasteiger partial charge is 0.260 e. The summed E-state index contributed by atoms with van der Waals surface area (Å²) in [5.41, 5.74) is 4.42. The van der Waals surface area contributed by atoms with Gasteiger partial charge in [0.15, 0.2) is 5.69 Å². The fourth-order valence-electron chi connectivity index (χ4n) is 4.43. The van der Waals surface area contributed by atoms with Crippen molar-refractivity contribution in [2.75, 3.05) is 18.0 Å². The molecule has 2 aromatic rings. The van der Waals surface area contributed by atoms with Crippen molar-refractivity contribution in [3.8, 4) is 6.07 Å². The maximum atomic E-state index is 13.3. The predicted octanol–water partition coefficient (Wildman–Crippen LogP) is 1.59. The molecule has 3 heterocycles. The Morgan fingerprint density at radius 1 is 1.30 bits per heavy atom. The van der Waals surface area contributed by atoms with Gasteiger partial charge in [-0.3, -0.25) is 4.79 Å². The molecule has 30 heavy (non-hydrogen) atoms. The summed E-state index contributed by atoms with van der Waals surface area (Å²) in [6.45, 7) is 3.16. The first-order chi connectivity index (χ1) is 14.6. The lowest BCUT2D eigenvalue weighted by atomic mass is 10.1. The Kier molecular flexibility index (Phi) is 5.55. The molecule has 8 heteroatoms. The number of carbonyl (C=O) groups is 1. The van der Waals surface area contributed by atoms with E-state index in [0.29, 0.717) is 24.2 Å². The van der Waals surface area contributed by atoms with Gasteiger partial charge in [-0.1, -0.05) is 17.2 Å². The second-order valence-corrected chi connectivity index (χ2v) is 7.65. The quantitative estimate of drug-likeness (QED) is 0.342. The number of hydrogen-bond acceptors (Lipinski definition) is 6. The van der Waals surface area contributed by atoms with Crippen LogP contribution < -0.4 is 10.3 Å². The standard InChI is InChI=1S/C22H23N7O/c1-15-10-16(12-24)11-21(26-15)29-17-6-7-18(29)14-28(13-17)22(30)19-4-2-3-5-20(19)27-25-9-8-23/h2-5,8-11,17-18,23,27H,6-7,13-14H2,1H3/p+1/b23-8?,25-9-. The minimum absolute atomic E-state index is 0.00151. The molecule has 0 saturated carbocycles. The van der Waals surface area contributed by atoms with E-state index in [4.69, 9.17) is 5.41 Å². The fraction of sp³-hybridized carbons (Fsp3) is 0.318. The Bertz CT molecular complexity index is 1030. The summed E-state index contributed by atoms with van der Waals surface area (Å²) in [7, 11) is 0. The van der Waals surface area contributed by atoms with E-state index in [-0.39, 0.29) is 18.0 Å². The number of benzene rings is 1. The number of nitrogens with two attached hydrogens (primary N) is 1. The molecule has 2 fully saturated rings. The molecule has 3 N–H and O–H groups in total. The van der Waals surface area contributed by atoms with Gasteiger partial charge in [0, 0.05) is 43.1 Å². The summed E-state index contributed by atoms with van der Waals surface area (Å²) in [6.07, 6.45) is 4.49. The Morgan fingerprint density at radius 2 is 2.03 bits per heavy atom. The molecular weight excluding hydrogens is 378 g/mol. The summed E-state index contributed by atoms with van der Waals surface area (Å²) in [4.78, 5) is 22.2. The summed E-state index contributed by atoms with van der Waals surface area (Å²) >= 11 is 0. The Hall–Kier alpha value is -3.57. The van der Waals surface area contributed by atoms with Crippen LogP contribution in [-0.2, 0) is 0 Å². The average molecular weight is 402 g/mol. The zero-order valence-corrected chi connectivity index (χ0v) is 16.8. The maximum Gasteiger partial charge on any atom is 0.260 e. The topological polar surface area (TPSA) is 113 Å². The summed E-state index contributed by atoms with van der Waals surface area (Å²) in [5.74, 6) is 0.833. The summed E-state index contributed by atoms with van der Waals surface area (Å²) in [6, 6.07) is 13.7. The van der Waals surface area contributed by atoms with E-state index in [1.165, 1.54) is 6.21 Å². The highest BCUT2D eigenvalue weighted by molar-refractivity contribution is 6.14. The highest BCUT2D eigenvalue weighted by Crippen LogP contribution is 2.35. The third-order valence-corrected chi connectivity index (χ3v) is 5.67. The van der Waals surface area contributed by atoms with Crippen LogP contribution in [0, 0.1) is 23.7 Å². The van der Waals surface area contributed by atoms with Gasteiger partial charge in [-0.15, -0.1) is 0 Å². The van der Waals surface area contributed by atoms with Gasteiger partial charge in [0.05, 0.1) is 11.6 Å². The molecule has 0 spiro atoms. The number of fused-ring (bicyclic) bond motifs is 2. The molecule has 2 aliphatic rings. The molecule has 1 amide bonds. The monoisotopic (exact) mass is 402 g/mol. The van der Waals surface area contributed by atoms with Crippen LogP contribution in [0.25, 0.3) is 0 Å². The molecule has 4 rings (SSSR count). The van der Waals surface area contributed by atoms with Gasteiger partial charge in [0.1, 0.15) is 17.6 Å². The molecule has 2 atom stereocenters. The number of quaternary nitrogens is 1. The number of aryl methyl sites for hydroxylation is 1. The van der Waals surface area contributed by atoms with Gasteiger partial charge in [0.2, 0.25) is 0 Å². The van der Waals surface area contributed by atoms with Crippen LogP contribution >= 0.6 is 0 Å². The summed E-state index contributed by atoms with van der Waals surface area (Å²) < 4.78 is 0. The average Bonchev–Trinajstić information content (AvgIpc) is 3.02. The van der Waals surface area contributed by atoms with E-state index in [2.05, 4.69) is 21.1 Å². The number of likely N-dealkylation sites (tertiary alicyclic amines) is 1. The molecule has 8 nitrogen and oxygen atoms in total. The number of rotatable bonds is 5. The SMILES string of the molecule is Cc1cc(C#N)cc(N2C3CCC2CN(C(=O)c2ccccc2[NH2+]/N=C\C=N)C3)n1. The molecule has 1 aromatic carbocycles. The minimum Gasteiger partial charge on any atom is -0.347 e. The van der Waals surface area contributed by atoms with Crippen molar-refractivity contribution in [2.45, 2.75) is 31.8 Å². The first-order valence-electron chi connectivity index (χ1n) is 10.0. The number of aromatic nitrogens is 1. The van der Waals surface area contributed by atoms with Gasteiger partial charge in [-0.2, -0.15) is 10.7 Å². The van der Waals surface area contributed by atoms with Crippen LogP contribution in [0.2, 0.25) is 0 Å². The van der Waals surface area contributed by atoms with Crippen molar-refractivity contribution in [1.29, 1.82) is 10.7 Å². The highest BCUT2D eigenvalue weighted by atomic mass is 16.2. The molecular formula is C22H24N7O+. The molecule has 2 bridgehead atoms. The Labute approximate surface area is 175 Å². The van der Waals surface area contributed by atoms with E-state index in [1.807, 2.05) is 42.2 Å². The van der Waals surface area contributed by atoms with Gasteiger partial charge in [-0.05, 0) is 38.0 Å². The van der Waals surface area contributed by atoms with E-state index < -0.39 is 0 Å². The predicted molar refractivity (Wildman–Crippen MR) is 114 cm³/mol. The highest BCUT2D eigenvalue weighted by Gasteiger charge is 2.42. The van der Waals surface area contributed by atoms with E-state index >= 15 is 0 Å². The lowest BCUT2D eigenvalue weighted by molar-refractivity contribution is -0.577. The lowest BCUT2D eigenvalue weighted by Gasteiger charge is -2.42. The number of piperazine rings is 1. The molecule has 152 valence electrons. The number of nitrogens with zero attached hydrogens (tertiary/aromatic N) is 5. The van der Waals surface area contributed by atoms with Crippen molar-refractivity contribution in [2.24, 2.45) is 5.10 Å². The third-order valence-electron chi connectivity index (χ3n) is 5.67. The number of nitriles is 1. The number of hydrogen-bond donors (Lipinski definition) is 2. The molecule has 2 unspecified atom stereocenters. The summed E-state index contributed by atoms with van der Waals surface area (Å²) in [5, 5.41) is 20.4. The minimum atomic E-state index is -0.00151. The molecule has 2 saturated heterocycles. The normalized spacial score (nSPS) is 20.4. The van der Waals surface area contributed by atoms with Crippen LogP contribution in [0.1, 0.15) is 34.5 Å². The van der Waals surface area contributed by atoms with Crippen LogP contribution in [0.3, 0.4) is 0 Å². The van der Waals surface area contributed by atoms with Crippen LogP contribution in [0.15, 0.2) is 41.5 Å². The van der Waals surface area contributed by atoms with Gasteiger partial charge in [-0.25, -0.2) is 4.98 Å². The second kappa shape index (κ2) is 8.43. The second-order valence-electron chi connectivity index (χ2n) is 7.65. The van der Waals surface area contributed by atoms with Crippen molar-refractivity contribution in [1.82, 2.24) is 9.88 Å². The van der Waals surface area contributed by atoms with Crippen molar-refractivity contribution in [3.05, 3.63) is 53.2 Å². The van der Waals surface area contributed by atoms with Crippen LogP contribution in [0.4, 0.5) is 11.5 Å². The maximum absolute atomic E-state index is 13.3. The molecule has 0 radical (unpaired) electrons. The van der Waals surface area contributed by atoms with Crippen molar-refractivity contribution in [3.63, 3.8) is 0 Å². The zero-order valence-electron chi connectivity index (χ0n) is 16.8. The number of nitrogens with one attached hydrogen (secondary N) is 1. The number of pyridine rings is 1. The molecule has 1 aromatic heterocycles. The van der Waals surface area contributed by atoms with Gasteiger partial charge < -0.3 is 15.2 Å². The van der Waals surface area contributed by atoms with E-state index in [0.717, 1.165) is 36.3 Å². The fourth-order valence-corrected chi connectivity index (χ4v) is 4.43. The van der Waals surface area contributed by atoms with Gasteiger partial charge >= 0.3 is 0 Å². The zero-order chi connectivity index (χ0) is 21.1. The largest absolute Gasteiger partial charge is 0.347 e. The lowest BCUT2D eigenvalue weighted by Crippen LogP contribution is -2.72. The first-order valence-corrected chi connectivity index (χ1v) is 10.0. The van der Waals surface area contributed by atoms with Crippen molar-refractivity contribution < 1.29 is 10.2 Å². The van der Waals surface area contributed by atoms with E-state index in [9.17, 15) is 10.1 Å². The number of carbonyl (C=O) groups excluding carboxylic acids is 1. The Balaban J connectivity index is 1.55. The van der Waals surface area contributed by atoms with Crippen LogP contribution in [-0.4, -0.2) is 53.4 Å². The number of amides is 1. The van der Waals surface area contributed by atoms with Gasteiger partial charge in [0.25, 0.3) is 5.91 Å². The molecule has 2 aliphatic heterocycles. The molecule has 0 aliphatic carbocycles. The van der Waals surface area contributed by atoms with Crippen molar-refractivity contribution >= 4 is 29.8 Å². The first kappa shape index (κ1) is 19.7. The van der Waals surface area contributed by atoms with Crippen LogP contribution in [0.5, 0.6) is 0 Å². The Morgan fingerprint density at radius 3 is 2.73 bits per heavy atom. The van der Waals surface area contributed by atoms with E-state index in [1.54, 1.807) is 11.5 Å². The third kappa shape index (κ3) is 3.80. The number of anilines is 1.